The maximum Gasteiger partial charge on any atom is 0.454 e. The van der Waals surface area contributed by atoms with Crippen LogP contribution in [0.4, 0.5) is 13.2 Å². The third-order valence-corrected chi connectivity index (χ3v) is 4.15. The molecule has 1 aliphatic heterocycles. The van der Waals surface area contributed by atoms with Crippen LogP contribution in [0.1, 0.15) is 40.0 Å². The molecule has 1 aliphatic carbocycles. The predicted octanol–water partition coefficient (Wildman–Crippen LogP) is 3.53. The average Bonchev–Trinajstić information content (AvgIpc) is 2.42. The van der Waals surface area contributed by atoms with Crippen molar-refractivity contribution in [2.45, 2.75) is 52.3 Å². The summed E-state index contributed by atoms with van der Waals surface area (Å²) < 4.78 is 36.5. The molecule has 2 atom stereocenters. The highest BCUT2D eigenvalue weighted by atomic mass is 19.4. The quantitative estimate of drug-likeness (QED) is 0.718. The van der Waals surface area contributed by atoms with Crippen molar-refractivity contribution in [3.8, 4) is 0 Å². The molecule has 0 aromatic heterocycles. The minimum atomic E-state index is -4.77. The molecule has 1 saturated carbocycles. The topological polar surface area (TPSA) is 20.3 Å². The molecule has 1 saturated heterocycles. The van der Waals surface area contributed by atoms with Crippen LogP contribution >= 0.6 is 0 Å². The van der Waals surface area contributed by atoms with E-state index in [9.17, 15) is 18.0 Å². The van der Waals surface area contributed by atoms with Gasteiger partial charge in [-0.25, -0.2) is 0 Å². The van der Waals surface area contributed by atoms with Gasteiger partial charge in [0.2, 0.25) is 0 Å². The maximum atomic E-state index is 12.2. The van der Waals surface area contributed by atoms with Crippen LogP contribution in [0.5, 0.6) is 0 Å². The number of ketones is 1. The zero-order chi connectivity index (χ0) is 14.5. The minimum absolute atomic E-state index is 0.151. The monoisotopic (exact) mass is 275 g/mol. The first-order valence-electron chi connectivity index (χ1n) is 6.56. The number of allylic oxidation sites excluding steroid dienone is 1. The molecule has 0 aromatic rings. The van der Waals surface area contributed by atoms with Gasteiger partial charge in [-0.15, -0.1) is 0 Å². The van der Waals surface area contributed by atoms with Crippen molar-refractivity contribution in [1.29, 1.82) is 0 Å². The molecule has 2 aliphatic rings. The summed E-state index contributed by atoms with van der Waals surface area (Å²) in [6.07, 6.45) is 0.279. The zero-order valence-electron chi connectivity index (χ0n) is 11.5. The number of rotatable bonds is 2. The van der Waals surface area contributed by atoms with Gasteiger partial charge in [0.15, 0.2) is 0 Å². The third kappa shape index (κ3) is 3.12. The van der Waals surface area contributed by atoms with E-state index in [1.165, 1.54) is 6.20 Å². The fourth-order valence-electron chi connectivity index (χ4n) is 3.94. The SMILES string of the molecule is CC1(C)C[C@H]2C[C@](C)(CN2/C=C/C(=O)C(F)(F)F)C1. The molecule has 2 bridgehead atoms. The molecule has 2 nitrogen and oxygen atoms in total. The highest BCUT2D eigenvalue weighted by Crippen LogP contribution is 2.52. The largest absolute Gasteiger partial charge is 0.454 e. The van der Waals surface area contributed by atoms with Gasteiger partial charge in [0, 0.05) is 24.9 Å². The van der Waals surface area contributed by atoms with E-state index in [0.717, 1.165) is 25.8 Å². The number of nitrogens with zero attached hydrogens (tertiary/aromatic N) is 1. The van der Waals surface area contributed by atoms with Crippen LogP contribution < -0.4 is 0 Å². The van der Waals surface area contributed by atoms with Crippen molar-refractivity contribution in [2.75, 3.05) is 6.54 Å². The molecular weight excluding hydrogens is 255 g/mol. The van der Waals surface area contributed by atoms with Gasteiger partial charge in [-0.05, 0) is 30.1 Å². The van der Waals surface area contributed by atoms with Gasteiger partial charge >= 0.3 is 6.18 Å². The summed E-state index contributed by atoms with van der Waals surface area (Å²) in [4.78, 5) is 12.8. The highest BCUT2D eigenvalue weighted by molar-refractivity contribution is 5.94. The van der Waals surface area contributed by atoms with E-state index in [-0.39, 0.29) is 16.9 Å². The zero-order valence-corrected chi connectivity index (χ0v) is 11.5. The second kappa shape index (κ2) is 4.25. The fraction of sp³-hybridized carbons (Fsp3) is 0.786. The third-order valence-electron chi connectivity index (χ3n) is 4.15. The Bertz CT molecular complexity index is 413. The molecule has 5 heteroatoms. The number of halogens is 3. The molecule has 19 heavy (non-hydrogen) atoms. The van der Waals surface area contributed by atoms with E-state index in [0.29, 0.717) is 6.08 Å². The molecule has 108 valence electrons. The molecule has 0 spiro atoms. The first kappa shape index (κ1) is 14.4. The molecule has 0 aromatic carbocycles. The summed E-state index contributed by atoms with van der Waals surface area (Å²) in [6.45, 7) is 7.32. The number of hydrogen-bond donors (Lipinski definition) is 0. The summed E-state index contributed by atoms with van der Waals surface area (Å²) >= 11 is 0. The lowest BCUT2D eigenvalue weighted by Crippen LogP contribution is -2.33. The van der Waals surface area contributed by atoms with Crippen LogP contribution in [-0.2, 0) is 4.79 Å². The molecular formula is C14H20F3NO. The van der Waals surface area contributed by atoms with Crippen LogP contribution in [0.2, 0.25) is 0 Å². The molecule has 0 amide bonds. The maximum absolute atomic E-state index is 12.2. The van der Waals surface area contributed by atoms with Crippen LogP contribution in [0.15, 0.2) is 12.3 Å². The molecule has 0 unspecified atom stereocenters. The lowest BCUT2D eigenvalue weighted by Gasteiger charge is -2.39. The number of carbonyl (C=O) groups excluding carboxylic acids is 1. The molecule has 0 N–H and O–H groups in total. The Morgan fingerprint density at radius 2 is 1.89 bits per heavy atom. The number of hydrogen-bond acceptors (Lipinski definition) is 2. The van der Waals surface area contributed by atoms with Gasteiger partial charge in [-0.2, -0.15) is 13.2 Å². The lowest BCUT2D eigenvalue weighted by molar-refractivity contribution is -0.165. The number of carbonyl (C=O) groups is 1. The fourth-order valence-corrected chi connectivity index (χ4v) is 3.94. The molecule has 2 rings (SSSR count). The highest BCUT2D eigenvalue weighted by Gasteiger charge is 2.48. The second-order valence-corrected chi connectivity index (χ2v) is 7.06. The van der Waals surface area contributed by atoms with E-state index in [2.05, 4.69) is 20.8 Å². The number of likely N-dealkylation sites (tertiary alicyclic amines) is 1. The molecule has 0 radical (unpaired) electrons. The number of fused-ring (bicyclic) bond motifs is 2. The van der Waals surface area contributed by atoms with Gasteiger partial charge in [-0.1, -0.05) is 20.8 Å². The average molecular weight is 275 g/mol. The first-order chi connectivity index (χ1) is 8.51. The van der Waals surface area contributed by atoms with Gasteiger partial charge < -0.3 is 4.90 Å². The molecule has 2 fully saturated rings. The van der Waals surface area contributed by atoms with Gasteiger partial charge in [0.1, 0.15) is 0 Å². The van der Waals surface area contributed by atoms with Gasteiger partial charge in [0.25, 0.3) is 5.78 Å². The van der Waals surface area contributed by atoms with Gasteiger partial charge in [0.05, 0.1) is 0 Å². The van der Waals surface area contributed by atoms with Crippen molar-refractivity contribution in [2.24, 2.45) is 10.8 Å². The Hall–Kier alpha value is -1.00. The van der Waals surface area contributed by atoms with Crippen molar-refractivity contribution < 1.29 is 18.0 Å². The Morgan fingerprint density at radius 1 is 1.26 bits per heavy atom. The minimum Gasteiger partial charge on any atom is -0.374 e. The van der Waals surface area contributed by atoms with E-state index in [1.807, 2.05) is 4.90 Å². The van der Waals surface area contributed by atoms with E-state index < -0.39 is 12.0 Å². The Labute approximate surface area is 111 Å². The summed E-state index contributed by atoms with van der Waals surface area (Å²) in [5.74, 6) is -1.78. The normalized spacial score (nSPS) is 34.0. The van der Waals surface area contributed by atoms with Crippen molar-refractivity contribution in [1.82, 2.24) is 4.90 Å². The summed E-state index contributed by atoms with van der Waals surface area (Å²) in [5.41, 5.74) is 0.367. The van der Waals surface area contributed by atoms with Crippen LogP contribution in [0.3, 0.4) is 0 Å². The van der Waals surface area contributed by atoms with Crippen LogP contribution in [-0.4, -0.2) is 29.4 Å². The summed E-state index contributed by atoms with van der Waals surface area (Å²) in [5, 5.41) is 0. The van der Waals surface area contributed by atoms with Crippen molar-refractivity contribution in [3.63, 3.8) is 0 Å². The Balaban J connectivity index is 2.08. The van der Waals surface area contributed by atoms with E-state index in [1.54, 1.807) is 0 Å². The predicted molar refractivity (Wildman–Crippen MR) is 66.4 cm³/mol. The van der Waals surface area contributed by atoms with Crippen LogP contribution in [0.25, 0.3) is 0 Å². The van der Waals surface area contributed by atoms with Crippen molar-refractivity contribution >= 4 is 5.78 Å². The smallest absolute Gasteiger partial charge is 0.374 e. The Kier molecular flexibility index (Phi) is 3.22. The van der Waals surface area contributed by atoms with Gasteiger partial charge in [-0.3, -0.25) is 4.79 Å². The standard InChI is InChI=1S/C14H20F3NO/c1-12(2)6-10-7-13(3,8-12)9-18(10)5-4-11(19)14(15,16)17/h4-5,10H,6-9H2,1-3H3/b5-4+/t10-,13-/m0/s1. The van der Waals surface area contributed by atoms with Crippen molar-refractivity contribution in [3.05, 3.63) is 12.3 Å². The number of alkyl halides is 3. The van der Waals surface area contributed by atoms with Crippen LogP contribution in [0, 0.1) is 10.8 Å². The summed E-state index contributed by atoms with van der Waals surface area (Å²) in [7, 11) is 0. The summed E-state index contributed by atoms with van der Waals surface area (Å²) in [6, 6.07) is 0.256. The van der Waals surface area contributed by atoms with E-state index >= 15 is 0 Å². The van der Waals surface area contributed by atoms with E-state index in [4.69, 9.17) is 0 Å². The lowest BCUT2D eigenvalue weighted by atomic mass is 9.65. The molecule has 1 heterocycles. The second-order valence-electron chi connectivity index (χ2n) is 7.06. The Morgan fingerprint density at radius 3 is 2.47 bits per heavy atom. The first-order valence-corrected chi connectivity index (χ1v) is 6.56.